The Kier molecular flexibility index (Phi) is 4.51. The quantitative estimate of drug-likeness (QED) is 0.925. The molecule has 1 heterocycles. The molecule has 1 atom stereocenters. The monoisotopic (exact) mass is 345 g/mol. The Morgan fingerprint density at radius 3 is 2.42 bits per heavy atom. The Balaban J connectivity index is 1.71. The minimum Gasteiger partial charge on any atom is -0.384 e. The maximum absolute atomic E-state index is 11.5. The second-order valence-corrected chi connectivity index (χ2v) is 8.74. The van der Waals surface area contributed by atoms with Crippen molar-refractivity contribution >= 4 is 9.84 Å². The minimum absolute atomic E-state index is 0.337. The fourth-order valence-corrected chi connectivity index (χ4v) is 4.05. The Labute approximate surface area is 143 Å². The van der Waals surface area contributed by atoms with Gasteiger partial charge in [-0.15, -0.1) is 0 Å². The van der Waals surface area contributed by atoms with Crippen LogP contribution in [0.3, 0.4) is 0 Å². The maximum atomic E-state index is 11.5. The highest BCUT2D eigenvalue weighted by Gasteiger charge is 2.38. The van der Waals surface area contributed by atoms with Gasteiger partial charge in [0.1, 0.15) is 5.60 Å². The molecule has 1 aliphatic rings. The number of aryl methyl sites for hydroxylation is 1. The summed E-state index contributed by atoms with van der Waals surface area (Å²) >= 11 is 0. The molecule has 128 valence electrons. The van der Waals surface area contributed by atoms with Gasteiger partial charge in [0.05, 0.1) is 4.90 Å². The van der Waals surface area contributed by atoms with Gasteiger partial charge in [0.15, 0.2) is 9.84 Å². The molecule has 0 radical (unpaired) electrons. The van der Waals surface area contributed by atoms with Crippen LogP contribution >= 0.6 is 0 Å². The van der Waals surface area contributed by atoms with E-state index in [0.717, 1.165) is 23.2 Å². The van der Waals surface area contributed by atoms with Crippen molar-refractivity contribution in [2.24, 2.45) is 0 Å². The van der Waals surface area contributed by atoms with Crippen LogP contribution in [0, 0.1) is 6.92 Å². The predicted octanol–water partition coefficient (Wildman–Crippen LogP) is 2.49. The van der Waals surface area contributed by atoms with Crippen LogP contribution < -0.4 is 0 Å². The van der Waals surface area contributed by atoms with Gasteiger partial charge < -0.3 is 5.11 Å². The summed E-state index contributed by atoms with van der Waals surface area (Å²) in [6.45, 7) is 4.14. The lowest BCUT2D eigenvalue weighted by atomic mass is 9.89. The molecule has 1 fully saturated rings. The normalized spacial score (nSPS) is 22.0. The van der Waals surface area contributed by atoms with Gasteiger partial charge in [0.2, 0.25) is 0 Å². The van der Waals surface area contributed by atoms with E-state index >= 15 is 0 Å². The highest BCUT2D eigenvalue weighted by atomic mass is 32.2. The average Bonchev–Trinajstić information content (AvgIpc) is 2.89. The summed E-state index contributed by atoms with van der Waals surface area (Å²) < 4.78 is 23.0. The molecule has 5 heteroatoms. The van der Waals surface area contributed by atoms with E-state index in [4.69, 9.17) is 0 Å². The molecule has 0 aliphatic carbocycles. The number of hydrogen-bond donors (Lipinski definition) is 1. The zero-order chi connectivity index (χ0) is 17.4. The third kappa shape index (κ3) is 3.53. The summed E-state index contributed by atoms with van der Waals surface area (Å²) in [5.41, 5.74) is 2.36. The summed E-state index contributed by atoms with van der Waals surface area (Å²) in [5.74, 6) is 0. The van der Waals surface area contributed by atoms with Gasteiger partial charge in [0, 0.05) is 25.9 Å². The number of hydrogen-bond acceptors (Lipinski definition) is 4. The summed E-state index contributed by atoms with van der Waals surface area (Å²) in [5, 5.41) is 11.0. The van der Waals surface area contributed by atoms with E-state index in [1.54, 1.807) is 12.1 Å². The Hall–Kier alpha value is -1.69. The van der Waals surface area contributed by atoms with Gasteiger partial charge in [-0.25, -0.2) is 8.42 Å². The van der Waals surface area contributed by atoms with Crippen molar-refractivity contribution in [1.29, 1.82) is 0 Å². The minimum atomic E-state index is -3.16. The fraction of sp³-hybridized carbons (Fsp3) is 0.368. The van der Waals surface area contributed by atoms with E-state index in [1.165, 1.54) is 6.26 Å². The highest BCUT2D eigenvalue weighted by molar-refractivity contribution is 7.90. The van der Waals surface area contributed by atoms with Gasteiger partial charge in [-0.1, -0.05) is 36.4 Å². The average molecular weight is 345 g/mol. The molecule has 0 bridgehead atoms. The van der Waals surface area contributed by atoms with Crippen molar-refractivity contribution < 1.29 is 13.5 Å². The van der Waals surface area contributed by atoms with E-state index in [1.807, 2.05) is 43.3 Å². The first-order valence-corrected chi connectivity index (χ1v) is 9.97. The molecule has 1 N–H and O–H groups in total. The predicted molar refractivity (Wildman–Crippen MR) is 94.5 cm³/mol. The molecular weight excluding hydrogens is 322 g/mol. The lowest BCUT2D eigenvalue weighted by Crippen LogP contribution is -2.31. The molecular formula is C19H23NO3S. The van der Waals surface area contributed by atoms with Crippen LogP contribution in [-0.2, 0) is 22.0 Å². The molecule has 1 aliphatic heterocycles. The third-order valence-electron chi connectivity index (χ3n) is 4.73. The van der Waals surface area contributed by atoms with E-state index < -0.39 is 15.4 Å². The van der Waals surface area contributed by atoms with Crippen LogP contribution in [0.25, 0.3) is 0 Å². The molecule has 3 rings (SSSR count). The number of sulfone groups is 1. The second-order valence-electron chi connectivity index (χ2n) is 6.72. The highest BCUT2D eigenvalue weighted by Crippen LogP contribution is 2.34. The smallest absolute Gasteiger partial charge is 0.175 e. The molecule has 0 saturated carbocycles. The number of β-amino-alcohol motifs (C(OH)–C–C–N with tert-alkyl or cyclic N) is 1. The van der Waals surface area contributed by atoms with Crippen LogP contribution in [0.15, 0.2) is 53.4 Å². The first-order chi connectivity index (χ1) is 11.3. The molecule has 0 aromatic heterocycles. The molecule has 2 aromatic rings. The topological polar surface area (TPSA) is 57.6 Å². The van der Waals surface area contributed by atoms with Crippen molar-refractivity contribution in [1.82, 2.24) is 4.90 Å². The van der Waals surface area contributed by atoms with Crippen molar-refractivity contribution in [2.45, 2.75) is 30.4 Å². The van der Waals surface area contributed by atoms with E-state index in [-0.39, 0.29) is 0 Å². The van der Waals surface area contributed by atoms with Crippen LogP contribution in [0.1, 0.15) is 23.1 Å². The summed E-state index contributed by atoms with van der Waals surface area (Å²) in [4.78, 5) is 2.55. The first-order valence-electron chi connectivity index (χ1n) is 8.08. The lowest BCUT2D eigenvalue weighted by Gasteiger charge is -2.25. The molecule has 1 saturated heterocycles. The van der Waals surface area contributed by atoms with Crippen molar-refractivity contribution in [3.8, 4) is 0 Å². The molecule has 2 aromatic carbocycles. The maximum Gasteiger partial charge on any atom is 0.175 e. The number of likely N-dealkylation sites (tertiary alicyclic amines) is 1. The van der Waals surface area contributed by atoms with Crippen LogP contribution in [0.2, 0.25) is 0 Å². The molecule has 0 spiro atoms. The largest absolute Gasteiger partial charge is 0.384 e. The third-order valence-corrected chi connectivity index (χ3v) is 5.86. The molecule has 0 amide bonds. The molecule has 4 nitrogen and oxygen atoms in total. The number of benzene rings is 2. The zero-order valence-electron chi connectivity index (χ0n) is 14.1. The van der Waals surface area contributed by atoms with Gasteiger partial charge in [-0.05, 0) is 42.2 Å². The van der Waals surface area contributed by atoms with Gasteiger partial charge in [0.25, 0.3) is 0 Å². The lowest BCUT2D eigenvalue weighted by molar-refractivity contribution is 0.0447. The van der Waals surface area contributed by atoms with E-state index in [9.17, 15) is 13.5 Å². The van der Waals surface area contributed by atoms with E-state index in [2.05, 4.69) is 4.90 Å². The van der Waals surface area contributed by atoms with Crippen LogP contribution in [-0.4, -0.2) is 37.8 Å². The fourth-order valence-electron chi connectivity index (χ4n) is 3.42. The Morgan fingerprint density at radius 1 is 1.12 bits per heavy atom. The standard InChI is InChI=1S/C19H23NO3S/c1-15-5-3-4-6-18(15)19(21)11-12-20(14-19)13-16-7-9-17(10-8-16)24(2,22)23/h3-10,21H,11-14H2,1-2H3/t19-/m1/s1. The Bertz CT molecular complexity index is 830. The van der Waals surface area contributed by atoms with Crippen molar-refractivity contribution in [3.05, 3.63) is 65.2 Å². The second kappa shape index (κ2) is 6.31. The summed E-state index contributed by atoms with van der Waals surface area (Å²) in [6.07, 6.45) is 1.92. The van der Waals surface area contributed by atoms with Crippen molar-refractivity contribution in [2.75, 3.05) is 19.3 Å². The zero-order valence-corrected chi connectivity index (χ0v) is 14.9. The van der Waals surface area contributed by atoms with Crippen LogP contribution in [0.5, 0.6) is 0 Å². The first kappa shape index (κ1) is 17.1. The summed E-state index contributed by atoms with van der Waals surface area (Å²) in [7, 11) is -3.16. The summed E-state index contributed by atoms with van der Waals surface area (Å²) in [6, 6.07) is 15.0. The molecule has 0 unspecified atom stereocenters. The number of rotatable bonds is 4. The Morgan fingerprint density at radius 2 is 1.79 bits per heavy atom. The van der Waals surface area contributed by atoms with Crippen LogP contribution in [0.4, 0.5) is 0 Å². The van der Waals surface area contributed by atoms with Gasteiger partial charge in [-0.2, -0.15) is 0 Å². The van der Waals surface area contributed by atoms with E-state index in [0.29, 0.717) is 24.4 Å². The SMILES string of the molecule is Cc1ccccc1[C@@]1(O)CCN(Cc2ccc(S(C)(=O)=O)cc2)C1. The number of nitrogens with zero attached hydrogens (tertiary/aromatic N) is 1. The number of aliphatic hydroxyl groups is 1. The van der Waals surface area contributed by atoms with Crippen molar-refractivity contribution in [3.63, 3.8) is 0 Å². The molecule has 24 heavy (non-hydrogen) atoms. The van der Waals surface area contributed by atoms with Gasteiger partial charge in [-0.3, -0.25) is 4.90 Å². The van der Waals surface area contributed by atoms with Gasteiger partial charge >= 0.3 is 0 Å².